The average molecular weight is 827 g/mol. The Morgan fingerprint density at radius 2 is 1.51 bits per heavy atom. The first-order valence-electron chi connectivity index (χ1n) is 21.3. The number of pyridine rings is 1. The van der Waals surface area contributed by atoms with Crippen molar-refractivity contribution in [2.24, 2.45) is 5.92 Å². The molecule has 4 aliphatic rings. The Bertz CT molecular complexity index is 2390. The van der Waals surface area contributed by atoms with E-state index in [-0.39, 0.29) is 47.4 Å². The summed E-state index contributed by atoms with van der Waals surface area (Å²) in [6.45, 7) is 5.27. The summed E-state index contributed by atoms with van der Waals surface area (Å²) in [4.78, 5) is 61.2. The predicted molar refractivity (Wildman–Crippen MR) is 232 cm³/mol. The maximum atomic E-state index is 14.1. The van der Waals surface area contributed by atoms with Crippen LogP contribution in [0.15, 0.2) is 108 Å². The number of nitrogens with one attached hydrogen (secondary N) is 3. The molecule has 0 aliphatic carbocycles. The molecule has 4 aromatic carbocycles. The van der Waals surface area contributed by atoms with Crippen LogP contribution in [0, 0.1) is 5.92 Å². The molecule has 5 aromatic rings. The topological polar surface area (TPSA) is 168 Å². The number of aromatic nitrogens is 1. The molecular weight excluding hydrogens is 773 g/mol. The van der Waals surface area contributed by atoms with Crippen LogP contribution in [-0.4, -0.2) is 100 Å². The summed E-state index contributed by atoms with van der Waals surface area (Å²) in [5.41, 5.74) is 4.06. The number of amides is 3. The monoisotopic (exact) mass is 826 g/mol. The number of piperidine rings is 4. The second-order valence-corrected chi connectivity index (χ2v) is 16.7. The first-order chi connectivity index (χ1) is 29.6. The summed E-state index contributed by atoms with van der Waals surface area (Å²) in [7, 11) is 1.60. The van der Waals surface area contributed by atoms with Gasteiger partial charge in [0.1, 0.15) is 11.9 Å². The van der Waals surface area contributed by atoms with Gasteiger partial charge in [-0.05, 0) is 96.8 Å². The fraction of sp³-hybridized carbons (Fsp3) is 0.375. The lowest BCUT2D eigenvalue weighted by Gasteiger charge is -2.46. The maximum Gasteiger partial charge on any atom is 0.317 e. The SMILES string of the molecule is CNC(=O)N(Cc1ccc(CNC[C@H](O)c2ccc(O)c3[nH]c(=O)ccc23)cc1)Cc1ccc(C(=O)N2CCC(C(=O)O[C@H]3CN4CCC3CC4)(c3ccccc3)CC2)cc1. The van der Waals surface area contributed by atoms with Crippen molar-refractivity contribution in [3.63, 3.8) is 0 Å². The lowest BCUT2D eigenvalue weighted by Crippen LogP contribution is -2.55. The molecule has 1 aromatic heterocycles. The zero-order chi connectivity index (χ0) is 42.5. The molecular formula is C48H54N6O7. The van der Waals surface area contributed by atoms with Gasteiger partial charge in [-0.3, -0.25) is 19.3 Å². The largest absolute Gasteiger partial charge is 0.506 e. The summed E-state index contributed by atoms with van der Waals surface area (Å²) in [6, 6.07) is 31.0. The van der Waals surface area contributed by atoms with Crippen molar-refractivity contribution in [3.05, 3.63) is 147 Å². The number of phenols is 1. The van der Waals surface area contributed by atoms with E-state index in [1.807, 2.05) is 83.8 Å². The summed E-state index contributed by atoms with van der Waals surface area (Å²) in [5.74, 6) is 0.106. The fourth-order valence-corrected chi connectivity index (χ4v) is 9.26. The first-order valence-corrected chi connectivity index (χ1v) is 21.3. The number of urea groups is 1. The minimum absolute atomic E-state index is 0.0580. The second kappa shape index (κ2) is 18.3. The van der Waals surface area contributed by atoms with E-state index in [1.165, 1.54) is 12.1 Å². The third kappa shape index (κ3) is 9.19. The smallest absolute Gasteiger partial charge is 0.317 e. The zero-order valence-electron chi connectivity index (χ0n) is 34.5. The Balaban J connectivity index is 0.848. The van der Waals surface area contributed by atoms with Crippen molar-refractivity contribution in [3.8, 4) is 5.75 Å². The minimum Gasteiger partial charge on any atom is -0.506 e. The quantitative estimate of drug-likeness (QED) is 0.100. The third-order valence-corrected chi connectivity index (χ3v) is 12.9. The standard InChI is InChI=1S/C48H54N6O7/c1-49-47(60)54(29-33-9-7-32(8-10-33)27-50-28-41(56)38-15-17-40(55)44-39(38)16-18-43(57)51-44)30-34-11-13-36(14-12-34)45(58)53-25-21-48(22-26-53,37-5-3-2-4-6-37)46(59)61-42-31-52-23-19-35(42)20-24-52/h2-18,35,41-42,50,55-56H,19-31H2,1H3,(H,49,60)(H,51,57)/t41-,42-/m0/s1. The normalized spacial score (nSPS) is 19.9. The van der Waals surface area contributed by atoms with Crippen molar-refractivity contribution in [2.75, 3.05) is 46.3 Å². The molecule has 61 heavy (non-hydrogen) atoms. The number of aromatic hydroxyl groups is 1. The van der Waals surface area contributed by atoms with Crippen LogP contribution >= 0.6 is 0 Å². The molecule has 4 aliphatic heterocycles. The first kappa shape index (κ1) is 41.7. The number of benzene rings is 4. The van der Waals surface area contributed by atoms with Crippen molar-refractivity contribution >= 4 is 28.8 Å². The summed E-state index contributed by atoms with van der Waals surface area (Å²) in [5, 5.41) is 27.7. The zero-order valence-corrected chi connectivity index (χ0v) is 34.5. The highest BCUT2D eigenvalue weighted by Crippen LogP contribution is 2.39. The number of aliphatic hydroxyl groups excluding tert-OH is 1. The number of carbonyl (C=O) groups is 3. The summed E-state index contributed by atoms with van der Waals surface area (Å²) in [6.07, 6.45) is 2.17. The van der Waals surface area contributed by atoms with Gasteiger partial charge < -0.3 is 40.4 Å². The van der Waals surface area contributed by atoms with E-state index in [1.54, 1.807) is 24.1 Å². The number of rotatable bonds is 13. The molecule has 5 heterocycles. The number of aliphatic hydroxyl groups is 1. The van der Waals surface area contributed by atoms with Crippen LogP contribution in [0.5, 0.6) is 5.75 Å². The van der Waals surface area contributed by atoms with E-state index in [9.17, 15) is 29.4 Å². The Labute approximate surface area is 355 Å². The van der Waals surface area contributed by atoms with Gasteiger partial charge in [0.2, 0.25) is 5.56 Å². The Hall–Kier alpha value is -6.02. The number of H-pyrrole nitrogens is 1. The fourth-order valence-electron chi connectivity index (χ4n) is 9.26. The van der Waals surface area contributed by atoms with Crippen LogP contribution < -0.4 is 16.2 Å². The van der Waals surface area contributed by atoms with E-state index in [0.717, 1.165) is 54.7 Å². The van der Waals surface area contributed by atoms with Gasteiger partial charge in [-0.1, -0.05) is 72.8 Å². The molecule has 2 atom stereocenters. The van der Waals surface area contributed by atoms with Crippen molar-refractivity contribution in [1.82, 2.24) is 30.3 Å². The van der Waals surface area contributed by atoms with Crippen molar-refractivity contribution in [1.29, 1.82) is 0 Å². The molecule has 3 amide bonds. The highest BCUT2D eigenvalue weighted by molar-refractivity contribution is 5.95. The molecule has 4 saturated heterocycles. The van der Waals surface area contributed by atoms with Crippen LogP contribution in [0.4, 0.5) is 4.79 Å². The van der Waals surface area contributed by atoms with Crippen LogP contribution in [-0.2, 0) is 34.6 Å². The number of esters is 1. The second-order valence-electron chi connectivity index (χ2n) is 16.7. The van der Waals surface area contributed by atoms with Gasteiger partial charge >= 0.3 is 12.0 Å². The van der Waals surface area contributed by atoms with Crippen LogP contribution in [0.3, 0.4) is 0 Å². The summed E-state index contributed by atoms with van der Waals surface area (Å²) >= 11 is 0. The number of hydrogen-bond donors (Lipinski definition) is 5. The lowest BCUT2D eigenvalue weighted by atomic mass is 9.72. The van der Waals surface area contributed by atoms with E-state index in [0.29, 0.717) is 68.0 Å². The van der Waals surface area contributed by atoms with Gasteiger partial charge in [0.25, 0.3) is 5.91 Å². The Kier molecular flexibility index (Phi) is 12.5. The molecule has 0 unspecified atom stereocenters. The van der Waals surface area contributed by atoms with E-state index < -0.39 is 11.5 Å². The number of likely N-dealkylation sites (tertiary alicyclic amines) is 1. The Morgan fingerprint density at radius 3 is 2.15 bits per heavy atom. The van der Waals surface area contributed by atoms with Crippen LogP contribution in [0.25, 0.3) is 10.9 Å². The molecule has 9 rings (SSSR count). The number of carbonyl (C=O) groups excluding carboxylic acids is 3. The number of aromatic amines is 1. The van der Waals surface area contributed by atoms with Gasteiger partial charge in [-0.2, -0.15) is 0 Å². The highest BCUT2D eigenvalue weighted by Gasteiger charge is 2.47. The molecule has 2 bridgehead atoms. The molecule has 0 saturated carbocycles. The maximum absolute atomic E-state index is 14.1. The van der Waals surface area contributed by atoms with E-state index in [4.69, 9.17) is 4.74 Å². The number of ether oxygens (including phenoxy) is 1. The van der Waals surface area contributed by atoms with Crippen LogP contribution in [0.1, 0.15) is 70.0 Å². The van der Waals surface area contributed by atoms with Crippen molar-refractivity contribution in [2.45, 2.75) is 62.9 Å². The number of nitrogens with zero attached hydrogens (tertiary/aromatic N) is 3. The summed E-state index contributed by atoms with van der Waals surface area (Å²) < 4.78 is 6.32. The van der Waals surface area contributed by atoms with Gasteiger partial charge in [-0.25, -0.2) is 4.79 Å². The van der Waals surface area contributed by atoms with Gasteiger partial charge in [0, 0.05) is 69.9 Å². The van der Waals surface area contributed by atoms with Gasteiger partial charge in [0.05, 0.1) is 17.0 Å². The molecule has 0 radical (unpaired) electrons. The molecule has 0 spiro atoms. The van der Waals surface area contributed by atoms with Gasteiger partial charge in [0.15, 0.2) is 0 Å². The van der Waals surface area contributed by atoms with E-state index >= 15 is 0 Å². The molecule has 13 nitrogen and oxygen atoms in total. The highest BCUT2D eigenvalue weighted by atomic mass is 16.5. The molecule has 318 valence electrons. The third-order valence-electron chi connectivity index (χ3n) is 12.9. The molecule has 5 N–H and O–H groups in total. The average Bonchev–Trinajstić information content (AvgIpc) is 3.30. The number of hydrogen-bond acceptors (Lipinski definition) is 9. The number of phenolic OH excluding ortho intramolecular Hbond substituents is 1. The number of fused-ring (bicyclic) bond motifs is 4. The van der Waals surface area contributed by atoms with Gasteiger partial charge in [-0.15, -0.1) is 0 Å². The van der Waals surface area contributed by atoms with Crippen LogP contribution in [0.2, 0.25) is 0 Å². The predicted octanol–water partition coefficient (Wildman–Crippen LogP) is 5.21. The minimum atomic E-state index is -0.872. The lowest BCUT2D eigenvalue weighted by molar-refractivity contribution is -0.167. The molecule has 13 heteroatoms. The van der Waals surface area contributed by atoms with Crippen molar-refractivity contribution < 1.29 is 29.3 Å². The molecule has 4 fully saturated rings. The Morgan fingerprint density at radius 1 is 0.852 bits per heavy atom. The van der Waals surface area contributed by atoms with E-state index in [2.05, 4.69) is 20.5 Å².